The van der Waals surface area contributed by atoms with Crippen molar-refractivity contribution in [3.8, 4) is 0 Å². The number of para-hydroxylation sites is 2. The summed E-state index contributed by atoms with van der Waals surface area (Å²) in [5.74, 6) is 0. The summed E-state index contributed by atoms with van der Waals surface area (Å²) in [6.45, 7) is 12.3. The highest BCUT2D eigenvalue weighted by Gasteiger charge is 2.12. The van der Waals surface area contributed by atoms with E-state index >= 15 is 0 Å². The molecule has 0 spiro atoms. The molecule has 0 aliphatic carbocycles. The van der Waals surface area contributed by atoms with E-state index in [0.717, 1.165) is 43.4 Å². The van der Waals surface area contributed by atoms with Gasteiger partial charge in [0.05, 0.1) is 26.4 Å². The van der Waals surface area contributed by atoms with Crippen molar-refractivity contribution in [3.05, 3.63) is 185 Å². The van der Waals surface area contributed by atoms with Crippen LogP contribution in [0.15, 0.2) is 168 Å². The van der Waals surface area contributed by atoms with Crippen LogP contribution in [0.3, 0.4) is 0 Å². The molecule has 0 aromatic heterocycles. The largest absolute Gasteiger partial charge is 0.400 e. The molecule has 8 nitrogen and oxygen atoms in total. The Hall–Kier alpha value is -5.16. The van der Waals surface area contributed by atoms with E-state index < -0.39 is 0 Å². The third-order valence-corrected chi connectivity index (χ3v) is 7.90. The van der Waals surface area contributed by atoms with Crippen molar-refractivity contribution in [1.82, 2.24) is 4.90 Å². The number of hydrogen-bond donors (Lipinski definition) is 6. The number of allylic oxidation sites excluding steroid dienone is 1. The summed E-state index contributed by atoms with van der Waals surface area (Å²) in [5.41, 5.74) is 10.6. The molecule has 0 saturated carbocycles. The molecule has 0 bridgehead atoms. The summed E-state index contributed by atoms with van der Waals surface area (Å²) in [7, 11) is 5.87. The molecular weight excluding hydrogens is 737 g/mol. The Balaban J connectivity index is 0. The Bertz CT molecular complexity index is 1680. The first-order valence-corrected chi connectivity index (χ1v) is 19.9. The summed E-state index contributed by atoms with van der Waals surface area (Å²) < 4.78 is 0. The molecule has 0 radical (unpaired) electrons. The van der Waals surface area contributed by atoms with Crippen LogP contribution >= 0.6 is 0 Å². The van der Waals surface area contributed by atoms with Crippen molar-refractivity contribution >= 4 is 28.7 Å². The molecule has 6 N–H and O–H groups in total. The fourth-order valence-corrected chi connectivity index (χ4v) is 4.91. The van der Waals surface area contributed by atoms with Gasteiger partial charge in [-0.2, -0.15) is 0 Å². The van der Waals surface area contributed by atoms with Crippen LogP contribution in [0.25, 0.3) is 11.6 Å². The second-order valence-corrected chi connectivity index (χ2v) is 12.2. The molecule has 8 heteroatoms. The van der Waals surface area contributed by atoms with Gasteiger partial charge in [0, 0.05) is 37.8 Å². The molecule has 0 aliphatic heterocycles. The minimum atomic E-state index is -0.0513. The van der Waals surface area contributed by atoms with Crippen molar-refractivity contribution < 1.29 is 30.6 Å². The maximum Gasteiger partial charge on any atom is 0.0666 e. The van der Waals surface area contributed by atoms with Crippen molar-refractivity contribution in [2.24, 2.45) is 0 Å². The molecule has 322 valence electrons. The van der Waals surface area contributed by atoms with Crippen molar-refractivity contribution in [1.29, 1.82) is 0 Å². The molecule has 0 atom stereocenters. The minimum absolute atomic E-state index is 0.0289. The van der Waals surface area contributed by atoms with E-state index in [2.05, 4.69) is 157 Å². The number of likely N-dealkylation sites (N-methyl/N-ethyl adjacent to an activating group) is 1. The summed E-state index contributed by atoms with van der Waals surface area (Å²) in [5, 5.41) is 48.1. The number of aliphatic hydroxyl groups is 6. The Morgan fingerprint density at radius 2 is 0.814 bits per heavy atom. The van der Waals surface area contributed by atoms with Crippen LogP contribution < -0.4 is 4.90 Å². The van der Waals surface area contributed by atoms with Gasteiger partial charge in [0.1, 0.15) is 0 Å². The Labute approximate surface area is 356 Å². The van der Waals surface area contributed by atoms with Gasteiger partial charge in [-0.15, -0.1) is 0 Å². The summed E-state index contributed by atoms with van der Waals surface area (Å²) >= 11 is 0. The lowest BCUT2D eigenvalue weighted by molar-refractivity contribution is 0.274. The molecular formula is C51H72N2O6. The highest BCUT2D eigenvalue weighted by Crippen LogP contribution is 2.35. The van der Waals surface area contributed by atoms with Crippen LogP contribution in [0.1, 0.15) is 58.2 Å². The third-order valence-electron chi connectivity index (χ3n) is 7.90. The molecule has 5 aromatic carbocycles. The summed E-state index contributed by atoms with van der Waals surface area (Å²) in [4.78, 5) is 4.24. The standard InChI is InChI=1S/C32H25N.C7H15NO2.C6H12O2.2C2H6.2CH4O/c1-5-13-27(14-6-1)32(28-15-7-2-8-16-28)25-26-21-23-31(24-22-26)33(29-17-9-3-10-18-29)30-19-11-4-12-20-30;1-8(2)4-3-7(5-9)6-10;1-5(2)6(3-7)4-8;4*1-2/h1-25H;3,9-10H,4-6H2,1-2H3;7-8H,3-4H2,1-2H3;2*1-2H3;2*2H,1H3. The maximum absolute atomic E-state index is 8.59. The monoisotopic (exact) mass is 809 g/mol. The lowest BCUT2D eigenvalue weighted by atomic mass is 9.95. The van der Waals surface area contributed by atoms with E-state index in [0.29, 0.717) is 11.1 Å². The van der Waals surface area contributed by atoms with E-state index in [9.17, 15) is 0 Å². The van der Waals surface area contributed by atoms with Crippen LogP contribution in [0, 0.1) is 0 Å². The van der Waals surface area contributed by atoms with Crippen molar-refractivity contribution in [3.63, 3.8) is 0 Å². The topological polar surface area (TPSA) is 128 Å². The molecule has 5 aromatic rings. The minimum Gasteiger partial charge on any atom is -0.400 e. The smallest absolute Gasteiger partial charge is 0.0666 e. The molecule has 0 heterocycles. The number of hydrogen-bond acceptors (Lipinski definition) is 8. The highest BCUT2D eigenvalue weighted by atomic mass is 16.3. The number of aliphatic hydroxyl groups excluding tert-OH is 6. The van der Waals surface area contributed by atoms with E-state index in [4.69, 9.17) is 30.6 Å². The number of rotatable bonds is 12. The first-order valence-electron chi connectivity index (χ1n) is 19.9. The van der Waals surface area contributed by atoms with Crippen molar-refractivity contribution in [2.45, 2.75) is 41.5 Å². The molecule has 59 heavy (non-hydrogen) atoms. The van der Waals surface area contributed by atoms with E-state index in [1.165, 1.54) is 22.3 Å². The predicted octanol–water partition coefficient (Wildman–Crippen LogP) is 9.78. The molecule has 0 fully saturated rings. The summed E-state index contributed by atoms with van der Waals surface area (Å²) in [6.07, 6.45) is 4.09. The molecule has 0 unspecified atom stereocenters. The normalized spacial score (nSPS) is 9.17. The van der Waals surface area contributed by atoms with Gasteiger partial charge >= 0.3 is 0 Å². The van der Waals surface area contributed by atoms with Gasteiger partial charge in [-0.05, 0) is 104 Å². The van der Waals surface area contributed by atoms with Gasteiger partial charge in [-0.3, -0.25) is 0 Å². The van der Waals surface area contributed by atoms with Crippen LogP contribution in [-0.4, -0.2) is 96.8 Å². The zero-order chi connectivity index (χ0) is 44.8. The lowest BCUT2D eigenvalue weighted by Crippen LogP contribution is -2.12. The van der Waals surface area contributed by atoms with Crippen LogP contribution in [-0.2, 0) is 0 Å². The van der Waals surface area contributed by atoms with E-state index in [-0.39, 0.29) is 26.4 Å². The SMILES string of the molecule is C(=C(c1ccccc1)c1ccccc1)c1ccc(N(c2ccccc2)c2ccccc2)cc1.CC.CC.CC(C)=C(CO)CO.CN(C)CC=C(CO)CO.CO.CO. The second kappa shape index (κ2) is 37.1. The first-order chi connectivity index (χ1) is 28.8. The van der Waals surface area contributed by atoms with Gasteiger partial charge in [-0.1, -0.05) is 149 Å². The van der Waals surface area contributed by atoms with Gasteiger partial charge < -0.3 is 40.4 Å². The summed E-state index contributed by atoms with van der Waals surface area (Å²) in [6, 6.07) is 50.9. The average Bonchev–Trinajstić information content (AvgIpc) is 3.31. The Morgan fingerprint density at radius 1 is 0.475 bits per heavy atom. The quantitative estimate of drug-likeness (QED) is 0.0544. The van der Waals surface area contributed by atoms with Crippen LogP contribution in [0.5, 0.6) is 0 Å². The fourth-order valence-electron chi connectivity index (χ4n) is 4.91. The zero-order valence-corrected chi connectivity index (χ0v) is 37.1. The first kappa shape index (κ1) is 55.9. The fraction of sp³-hybridized carbons (Fsp3) is 0.294. The maximum atomic E-state index is 8.59. The van der Waals surface area contributed by atoms with Crippen LogP contribution in [0.4, 0.5) is 17.1 Å². The predicted molar refractivity (Wildman–Crippen MR) is 253 cm³/mol. The molecule has 0 saturated heterocycles. The Kier molecular flexibility index (Phi) is 35.2. The molecule has 5 rings (SSSR count). The number of anilines is 3. The van der Waals surface area contributed by atoms with Gasteiger partial charge in [0.2, 0.25) is 0 Å². The highest BCUT2D eigenvalue weighted by molar-refractivity contribution is 5.91. The van der Waals surface area contributed by atoms with E-state index in [1.54, 1.807) is 0 Å². The third kappa shape index (κ3) is 22.5. The number of nitrogens with zero attached hydrogens (tertiary/aromatic N) is 2. The lowest BCUT2D eigenvalue weighted by Gasteiger charge is -2.25. The van der Waals surface area contributed by atoms with Gasteiger partial charge in [0.15, 0.2) is 0 Å². The Morgan fingerprint density at radius 3 is 1.10 bits per heavy atom. The van der Waals surface area contributed by atoms with Crippen molar-refractivity contribution in [2.75, 3.05) is 66.2 Å². The van der Waals surface area contributed by atoms with Crippen LogP contribution in [0.2, 0.25) is 0 Å². The molecule has 0 aliphatic rings. The van der Waals surface area contributed by atoms with Gasteiger partial charge in [0.25, 0.3) is 0 Å². The number of benzene rings is 5. The molecule has 0 amide bonds. The van der Waals surface area contributed by atoms with E-state index in [1.807, 2.05) is 66.6 Å². The van der Waals surface area contributed by atoms with Gasteiger partial charge in [-0.25, -0.2) is 0 Å². The zero-order valence-electron chi connectivity index (χ0n) is 37.1. The second-order valence-electron chi connectivity index (χ2n) is 12.2. The average molecular weight is 809 g/mol.